The molecule has 0 aliphatic rings. The van der Waals surface area contributed by atoms with E-state index in [-0.39, 0.29) is 11.8 Å². The Labute approximate surface area is 336 Å². The van der Waals surface area contributed by atoms with Crippen molar-refractivity contribution >= 4 is 23.9 Å². The predicted octanol–water partition coefficient (Wildman–Crippen LogP) is 8.54. The number of hydrogen-bond acceptors (Lipinski definition) is 13. The van der Waals surface area contributed by atoms with Gasteiger partial charge in [-0.2, -0.15) is 0 Å². The van der Waals surface area contributed by atoms with E-state index in [1.807, 2.05) is 6.92 Å². The number of benzene rings is 4. The van der Waals surface area contributed by atoms with E-state index in [4.69, 9.17) is 32.8 Å². The van der Waals surface area contributed by atoms with Crippen LogP contribution in [0.3, 0.4) is 0 Å². The summed E-state index contributed by atoms with van der Waals surface area (Å²) in [4.78, 5) is 48.2. The van der Waals surface area contributed by atoms with Crippen molar-refractivity contribution in [2.75, 3.05) is 26.4 Å². The van der Waals surface area contributed by atoms with Gasteiger partial charge in [0.1, 0.15) is 23.0 Å². The maximum atomic E-state index is 13.0. The molecular formula is C45H44N2O11. The van der Waals surface area contributed by atoms with Gasteiger partial charge in [0.2, 0.25) is 11.8 Å². The highest BCUT2D eigenvalue weighted by Crippen LogP contribution is 2.30. The van der Waals surface area contributed by atoms with Crippen LogP contribution in [0.15, 0.2) is 109 Å². The van der Waals surface area contributed by atoms with Crippen molar-refractivity contribution in [3.63, 3.8) is 0 Å². The van der Waals surface area contributed by atoms with Crippen molar-refractivity contribution < 1.29 is 52.0 Å². The maximum Gasteiger partial charge on any atom is 0.343 e. The van der Waals surface area contributed by atoms with Crippen molar-refractivity contribution in [3.05, 3.63) is 132 Å². The van der Waals surface area contributed by atoms with Gasteiger partial charge in [-0.3, -0.25) is 0 Å². The zero-order chi connectivity index (χ0) is 41.4. The Balaban J connectivity index is 1.10. The lowest BCUT2D eigenvalue weighted by Gasteiger charge is -2.11. The van der Waals surface area contributed by atoms with Crippen LogP contribution in [0.5, 0.6) is 23.0 Å². The summed E-state index contributed by atoms with van der Waals surface area (Å²) in [5, 5.41) is 8.42. The van der Waals surface area contributed by atoms with Crippen LogP contribution in [0.2, 0.25) is 0 Å². The van der Waals surface area contributed by atoms with Crippen molar-refractivity contribution in [1.29, 1.82) is 0 Å². The molecule has 0 atom stereocenters. The lowest BCUT2D eigenvalue weighted by atomic mass is 10.1. The van der Waals surface area contributed by atoms with Gasteiger partial charge in [0.25, 0.3) is 0 Å². The van der Waals surface area contributed by atoms with Gasteiger partial charge in [-0.05, 0) is 142 Å². The van der Waals surface area contributed by atoms with Gasteiger partial charge in [-0.1, -0.05) is 13.2 Å². The van der Waals surface area contributed by atoms with Gasteiger partial charge >= 0.3 is 23.9 Å². The number of ether oxygens (including phenoxy) is 6. The molecule has 0 unspecified atom stereocenters. The summed E-state index contributed by atoms with van der Waals surface area (Å²) in [7, 11) is 0. The number of carbonyl (C=O) groups is 4. The van der Waals surface area contributed by atoms with Crippen molar-refractivity contribution in [1.82, 2.24) is 10.2 Å². The molecule has 300 valence electrons. The third kappa shape index (κ3) is 12.0. The van der Waals surface area contributed by atoms with E-state index in [0.717, 1.165) is 17.7 Å². The van der Waals surface area contributed by atoms with Crippen molar-refractivity contribution in [2.45, 2.75) is 46.5 Å². The Morgan fingerprint density at radius 1 is 0.552 bits per heavy atom. The van der Waals surface area contributed by atoms with Crippen LogP contribution in [0, 0.1) is 20.8 Å². The van der Waals surface area contributed by atoms with Crippen LogP contribution in [-0.2, 0) is 19.1 Å². The molecule has 0 aliphatic carbocycles. The molecule has 13 heteroatoms. The summed E-state index contributed by atoms with van der Waals surface area (Å²) in [5.41, 5.74) is 4.23. The monoisotopic (exact) mass is 788 g/mol. The average Bonchev–Trinajstić information content (AvgIpc) is 3.70. The summed E-state index contributed by atoms with van der Waals surface area (Å²) < 4.78 is 38.7. The molecular weight excluding hydrogens is 744 g/mol. The SMILES string of the molecule is C=CC(=O)OCCCCOc1ccc(C(=O)Oc2ccc(-c3nnc(-c4ccc(OC(=O)c5ccc(OCCCCOC(=O)C=C)cc5C)cc4C)o3)cc2)c(C)c1. The fourth-order valence-electron chi connectivity index (χ4n) is 5.54. The highest BCUT2D eigenvalue weighted by atomic mass is 16.5. The highest BCUT2D eigenvalue weighted by Gasteiger charge is 2.18. The zero-order valence-corrected chi connectivity index (χ0v) is 32.6. The second kappa shape index (κ2) is 20.8. The summed E-state index contributed by atoms with van der Waals surface area (Å²) in [5.74, 6) is 0.543. The van der Waals surface area contributed by atoms with Gasteiger partial charge in [0, 0.05) is 23.3 Å². The molecule has 0 saturated carbocycles. The number of nitrogens with zero attached hydrogens (tertiary/aromatic N) is 2. The quantitative estimate of drug-likeness (QED) is 0.0319. The number of aryl methyl sites for hydroxylation is 3. The Bertz CT molecular complexity index is 2260. The Kier molecular flexibility index (Phi) is 15.1. The number of carbonyl (C=O) groups excluding carboxylic acids is 4. The summed E-state index contributed by atoms with van der Waals surface area (Å²) in [6.45, 7) is 13.6. The molecule has 1 aromatic heterocycles. The zero-order valence-electron chi connectivity index (χ0n) is 32.6. The molecule has 58 heavy (non-hydrogen) atoms. The standard InChI is InChI=1S/C45H44N2O11/c1-6-40(48)54-24-10-8-22-52-34-16-20-38(30(4)26-34)44(50)56-33-14-12-32(13-15-33)42-46-47-43(58-42)37-19-18-36(28-29(37)3)57-45(51)39-21-17-35(27-31(39)5)53-23-9-11-25-55-41(49)7-2/h6-7,12-21,26-28H,1-2,8-11,22-25H2,3-5H3. The van der Waals surface area contributed by atoms with E-state index < -0.39 is 23.9 Å². The van der Waals surface area contributed by atoms with E-state index >= 15 is 0 Å². The topological polar surface area (TPSA) is 163 Å². The molecule has 4 aromatic carbocycles. The Morgan fingerprint density at radius 2 is 1.00 bits per heavy atom. The normalized spacial score (nSPS) is 10.6. The molecule has 0 spiro atoms. The van der Waals surface area contributed by atoms with Crippen LogP contribution >= 0.6 is 0 Å². The van der Waals surface area contributed by atoms with E-state index in [1.165, 1.54) is 0 Å². The first kappa shape index (κ1) is 42.1. The molecule has 0 fully saturated rings. The molecule has 0 amide bonds. The van der Waals surface area contributed by atoms with E-state index in [9.17, 15) is 19.2 Å². The minimum absolute atomic E-state index is 0.268. The van der Waals surface area contributed by atoms with E-state index in [1.54, 1.807) is 92.7 Å². The molecule has 13 nitrogen and oxygen atoms in total. The molecule has 0 bridgehead atoms. The van der Waals surface area contributed by atoms with Gasteiger partial charge in [-0.15, -0.1) is 10.2 Å². The average molecular weight is 789 g/mol. The third-order valence-electron chi connectivity index (χ3n) is 8.65. The molecule has 0 aliphatic heterocycles. The smallest absolute Gasteiger partial charge is 0.343 e. The summed E-state index contributed by atoms with van der Waals surface area (Å²) >= 11 is 0. The molecule has 0 radical (unpaired) electrons. The molecule has 5 rings (SSSR count). The van der Waals surface area contributed by atoms with Gasteiger partial charge in [0.05, 0.1) is 37.6 Å². The number of rotatable bonds is 20. The molecule has 0 N–H and O–H groups in total. The first-order valence-corrected chi connectivity index (χ1v) is 18.6. The first-order chi connectivity index (χ1) is 28.0. The van der Waals surface area contributed by atoms with Crippen LogP contribution in [0.1, 0.15) is 63.1 Å². The minimum atomic E-state index is -0.515. The number of esters is 4. The first-order valence-electron chi connectivity index (χ1n) is 18.6. The van der Waals surface area contributed by atoms with Crippen LogP contribution in [-0.4, -0.2) is 60.5 Å². The van der Waals surface area contributed by atoms with Crippen molar-refractivity contribution in [2.24, 2.45) is 0 Å². The molecule has 1 heterocycles. The Morgan fingerprint density at radius 3 is 1.50 bits per heavy atom. The second-order valence-electron chi connectivity index (χ2n) is 13.0. The van der Waals surface area contributed by atoms with E-state index in [2.05, 4.69) is 23.4 Å². The van der Waals surface area contributed by atoms with Gasteiger partial charge in [-0.25, -0.2) is 19.2 Å². The minimum Gasteiger partial charge on any atom is -0.494 e. The van der Waals surface area contributed by atoms with E-state index in [0.29, 0.717) is 108 Å². The predicted molar refractivity (Wildman–Crippen MR) is 214 cm³/mol. The number of hydrogen-bond donors (Lipinski definition) is 0. The van der Waals surface area contributed by atoms with Crippen LogP contribution < -0.4 is 18.9 Å². The lowest BCUT2D eigenvalue weighted by Crippen LogP contribution is -2.11. The summed E-state index contributed by atoms with van der Waals surface area (Å²) in [6.07, 6.45) is 4.95. The molecule has 5 aromatic rings. The fourth-order valence-corrected chi connectivity index (χ4v) is 5.54. The largest absolute Gasteiger partial charge is 0.494 e. The maximum absolute atomic E-state index is 13.0. The lowest BCUT2D eigenvalue weighted by molar-refractivity contribution is -0.138. The number of unbranched alkanes of at least 4 members (excludes halogenated alkanes) is 2. The highest BCUT2D eigenvalue weighted by molar-refractivity contribution is 5.93. The van der Waals surface area contributed by atoms with Crippen LogP contribution in [0.25, 0.3) is 22.9 Å². The third-order valence-corrected chi connectivity index (χ3v) is 8.65. The summed E-state index contributed by atoms with van der Waals surface area (Å²) in [6, 6.07) is 22.1. The second-order valence-corrected chi connectivity index (χ2v) is 13.0. The fraction of sp³-hybridized carbons (Fsp3) is 0.244. The van der Waals surface area contributed by atoms with Crippen LogP contribution in [0.4, 0.5) is 0 Å². The van der Waals surface area contributed by atoms with Crippen molar-refractivity contribution in [3.8, 4) is 45.9 Å². The number of aromatic nitrogens is 2. The van der Waals surface area contributed by atoms with Gasteiger partial charge < -0.3 is 32.8 Å². The van der Waals surface area contributed by atoms with Gasteiger partial charge in [0.15, 0.2) is 0 Å². The molecule has 0 saturated heterocycles. The Hall–Kier alpha value is -7.02.